The molecule has 2 heterocycles. The van der Waals surface area contributed by atoms with Gasteiger partial charge in [-0.3, -0.25) is 14.5 Å². The van der Waals surface area contributed by atoms with Crippen molar-refractivity contribution < 1.29 is 19.1 Å². The van der Waals surface area contributed by atoms with Crippen molar-refractivity contribution in [3.8, 4) is 11.5 Å². The van der Waals surface area contributed by atoms with Crippen LogP contribution in [0.2, 0.25) is 0 Å². The van der Waals surface area contributed by atoms with Gasteiger partial charge in [-0.1, -0.05) is 91.0 Å². The van der Waals surface area contributed by atoms with Gasteiger partial charge in [0, 0.05) is 33.1 Å². The highest BCUT2D eigenvalue weighted by atomic mass is 16.5. The first-order valence-electron chi connectivity index (χ1n) is 16.2. The number of carbonyl (C=O) groups excluding carboxylic acids is 3. The molecule has 4 aromatic rings. The Hall–Kier alpha value is -5.41. The molecule has 4 aromatic carbocycles. The summed E-state index contributed by atoms with van der Waals surface area (Å²) >= 11 is 0. The quantitative estimate of drug-likeness (QED) is 0.221. The fourth-order valence-electron chi connectivity index (χ4n) is 6.24. The van der Waals surface area contributed by atoms with E-state index in [4.69, 9.17) is 4.74 Å². The molecule has 2 aliphatic heterocycles. The molecule has 0 saturated carbocycles. The standard InChI is InChI=1S/C39H41N5O4/c1-41(2)22-23-43(26-29-16-9-5-10-17-29)37(45)33(24-28-14-7-4-8-15-28)44-27-34-35(38(44)46)36(40-39(47)42(34)3)30-18-13-21-32(25-30)48-31-19-11-6-12-20-31/h4-21,25,33,36H,22-24,26-27H2,1-3H3,(H,40,47)/t33-,36-/m0/s1. The van der Waals surface area contributed by atoms with E-state index in [0.717, 1.165) is 16.7 Å². The second-order valence-electron chi connectivity index (χ2n) is 12.5. The number of para-hydroxylation sites is 1. The zero-order valence-electron chi connectivity index (χ0n) is 27.6. The van der Waals surface area contributed by atoms with E-state index in [-0.39, 0.29) is 24.4 Å². The summed E-state index contributed by atoms with van der Waals surface area (Å²) in [7, 11) is 5.63. The van der Waals surface area contributed by atoms with Crippen LogP contribution in [-0.4, -0.2) is 84.3 Å². The number of hydrogen-bond acceptors (Lipinski definition) is 5. The third-order valence-corrected chi connectivity index (χ3v) is 8.84. The van der Waals surface area contributed by atoms with Crippen LogP contribution in [0.3, 0.4) is 0 Å². The number of likely N-dealkylation sites (N-methyl/N-ethyl adjacent to an activating group) is 2. The van der Waals surface area contributed by atoms with Gasteiger partial charge in [-0.2, -0.15) is 0 Å². The van der Waals surface area contributed by atoms with Crippen LogP contribution in [0.25, 0.3) is 0 Å². The summed E-state index contributed by atoms with van der Waals surface area (Å²) < 4.78 is 6.08. The van der Waals surface area contributed by atoms with Gasteiger partial charge in [0.1, 0.15) is 17.5 Å². The SMILES string of the molecule is CN(C)CCN(Cc1ccccc1)C(=O)[C@H](Cc1ccccc1)N1CC2=C(C1=O)[C@H](c1cccc(Oc3ccccc3)c1)NC(=O)N2C. The van der Waals surface area contributed by atoms with Crippen LogP contribution < -0.4 is 10.1 Å². The summed E-state index contributed by atoms with van der Waals surface area (Å²) in [5, 5.41) is 3.03. The number of carbonyl (C=O) groups is 3. The first kappa shape index (κ1) is 32.5. The minimum atomic E-state index is -0.784. The molecule has 2 atom stereocenters. The second kappa shape index (κ2) is 14.6. The maximum atomic E-state index is 14.7. The largest absolute Gasteiger partial charge is 0.457 e. The average Bonchev–Trinajstić information content (AvgIpc) is 3.45. The molecule has 1 N–H and O–H groups in total. The lowest BCUT2D eigenvalue weighted by molar-refractivity contribution is -0.143. The second-order valence-corrected chi connectivity index (χ2v) is 12.5. The van der Waals surface area contributed by atoms with Gasteiger partial charge in [0.2, 0.25) is 5.91 Å². The van der Waals surface area contributed by atoms with Crippen LogP contribution in [0.5, 0.6) is 11.5 Å². The van der Waals surface area contributed by atoms with Crippen LogP contribution >= 0.6 is 0 Å². The van der Waals surface area contributed by atoms with Gasteiger partial charge in [0.15, 0.2) is 0 Å². The molecule has 6 rings (SSSR count). The maximum Gasteiger partial charge on any atom is 0.322 e. The fraction of sp³-hybridized carbons (Fsp3) is 0.256. The van der Waals surface area contributed by atoms with Gasteiger partial charge < -0.3 is 24.8 Å². The van der Waals surface area contributed by atoms with E-state index in [9.17, 15) is 14.4 Å². The predicted molar refractivity (Wildman–Crippen MR) is 185 cm³/mol. The van der Waals surface area contributed by atoms with Crippen molar-refractivity contribution in [1.29, 1.82) is 0 Å². The van der Waals surface area contributed by atoms with Crippen LogP contribution in [-0.2, 0) is 22.6 Å². The molecule has 0 aliphatic carbocycles. The number of hydrogen-bond donors (Lipinski definition) is 1. The number of nitrogens with one attached hydrogen (secondary N) is 1. The van der Waals surface area contributed by atoms with Crippen molar-refractivity contribution >= 4 is 17.8 Å². The van der Waals surface area contributed by atoms with Crippen molar-refractivity contribution in [1.82, 2.24) is 24.9 Å². The zero-order chi connectivity index (χ0) is 33.6. The summed E-state index contributed by atoms with van der Waals surface area (Å²) in [6, 6.07) is 34.7. The Labute approximate surface area is 282 Å². The highest BCUT2D eigenvalue weighted by Crippen LogP contribution is 2.38. The van der Waals surface area contributed by atoms with Crippen LogP contribution in [0.1, 0.15) is 22.7 Å². The maximum absolute atomic E-state index is 14.7. The third-order valence-electron chi connectivity index (χ3n) is 8.84. The molecule has 4 amide bonds. The molecular weight excluding hydrogens is 602 g/mol. The van der Waals surface area contributed by atoms with Crippen molar-refractivity contribution in [2.24, 2.45) is 0 Å². The number of amides is 4. The molecule has 246 valence electrons. The highest BCUT2D eigenvalue weighted by molar-refractivity contribution is 6.03. The molecule has 0 bridgehead atoms. The predicted octanol–water partition coefficient (Wildman–Crippen LogP) is 5.47. The minimum absolute atomic E-state index is 0.130. The van der Waals surface area contributed by atoms with Gasteiger partial charge in [-0.25, -0.2) is 4.79 Å². The Morgan fingerprint density at radius 2 is 1.46 bits per heavy atom. The van der Waals surface area contributed by atoms with Crippen molar-refractivity contribution in [2.45, 2.75) is 25.0 Å². The Kier molecular flexibility index (Phi) is 9.87. The number of ether oxygens (including phenoxy) is 1. The van der Waals surface area contributed by atoms with Gasteiger partial charge in [0.25, 0.3) is 5.91 Å². The van der Waals surface area contributed by atoms with Crippen molar-refractivity contribution in [2.75, 3.05) is 40.8 Å². The van der Waals surface area contributed by atoms with E-state index in [2.05, 4.69) is 5.32 Å². The molecule has 9 nitrogen and oxygen atoms in total. The van der Waals surface area contributed by atoms with Gasteiger partial charge >= 0.3 is 6.03 Å². The molecule has 9 heteroatoms. The first-order valence-corrected chi connectivity index (χ1v) is 16.2. The number of benzene rings is 4. The lowest BCUT2D eigenvalue weighted by atomic mass is 9.95. The Balaban J connectivity index is 1.34. The van der Waals surface area contributed by atoms with Crippen LogP contribution in [0.15, 0.2) is 127 Å². The topological polar surface area (TPSA) is 85.4 Å². The monoisotopic (exact) mass is 643 g/mol. The van der Waals surface area contributed by atoms with E-state index >= 15 is 0 Å². The normalized spacial score (nSPS) is 16.5. The average molecular weight is 644 g/mol. The summed E-state index contributed by atoms with van der Waals surface area (Å²) in [6.07, 6.45) is 0.343. The Morgan fingerprint density at radius 3 is 2.12 bits per heavy atom. The van der Waals surface area contributed by atoms with E-state index in [0.29, 0.717) is 48.8 Å². The van der Waals surface area contributed by atoms with Gasteiger partial charge in [0.05, 0.1) is 23.9 Å². The lowest BCUT2D eigenvalue weighted by Crippen LogP contribution is -2.52. The van der Waals surface area contributed by atoms with E-state index in [1.807, 2.05) is 139 Å². The number of rotatable bonds is 12. The summed E-state index contributed by atoms with van der Waals surface area (Å²) in [5.74, 6) is 0.875. The third kappa shape index (κ3) is 7.26. The highest BCUT2D eigenvalue weighted by Gasteiger charge is 2.47. The number of urea groups is 1. The fourth-order valence-corrected chi connectivity index (χ4v) is 6.24. The molecule has 0 saturated heterocycles. The first-order chi connectivity index (χ1) is 23.3. The molecule has 0 unspecified atom stereocenters. The van der Waals surface area contributed by atoms with Gasteiger partial charge in [-0.15, -0.1) is 0 Å². The molecule has 0 fully saturated rings. The Bertz CT molecular complexity index is 1780. The smallest absolute Gasteiger partial charge is 0.322 e. The molecule has 0 spiro atoms. The molecule has 0 aromatic heterocycles. The molecule has 48 heavy (non-hydrogen) atoms. The van der Waals surface area contributed by atoms with E-state index < -0.39 is 12.1 Å². The molecule has 0 radical (unpaired) electrons. The van der Waals surface area contributed by atoms with Gasteiger partial charge in [-0.05, 0) is 55.1 Å². The van der Waals surface area contributed by atoms with Crippen LogP contribution in [0.4, 0.5) is 4.79 Å². The minimum Gasteiger partial charge on any atom is -0.457 e. The van der Waals surface area contributed by atoms with Crippen LogP contribution in [0, 0.1) is 0 Å². The Morgan fingerprint density at radius 1 is 0.833 bits per heavy atom. The number of nitrogens with zero attached hydrogens (tertiary/aromatic N) is 4. The molecule has 2 aliphatic rings. The van der Waals surface area contributed by atoms with Crippen molar-refractivity contribution in [3.05, 3.63) is 143 Å². The lowest BCUT2D eigenvalue weighted by Gasteiger charge is -2.34. The summed E-state index contributed by atoms with van der Waals surface area (Å²) in [4.78, 5) is 49.7. The summed E-state index contributed by atoms with van der Waals surface area (Å²) in [5.41, 5.74) is 3.74. The zero-order valence-corrected chi connectivity index (χ0v) is 27.6. The molecular formula is C39H41N5O4. The summed E-state index contributed by atoms with van der Waals surface area (Å²) in [6.45, 7) is 1.73. The van der Waals surface area contributed by atoms with E-state index in [1.165, 1.54) is 4.90 Å². The van der Waals surface area contributed by atoms with Crippen molar-refractivity contribution in [3.63, 3.8) is 0 Å². The van der Waals surface area contributed by atoms with E-state index in [1.54, 1.807) is 11.9 Å².